The van der Waals surface area contributed by atoms with Gasteiger partial charge in [0.15, 0.2) is 0 Å². The van der Waals surface area contributed by atoms with Gasteiger partial charge in [-0.05, 0) is 116 Å². The molecule has 0 bridgehead atoms. The molecule has 2 aliphatic rings. The zero-order valence-corrected chi connectivity index (χ0v) is 46.0. The van der Waals surface area contributed by atoms with Crippen molar-refractivity contribution >= 4 is 47.5 Å². The number of hydrogen-bond acceptors (Lipinski definition) is 2. The number of carbonyl (C=O) groups excluding carboxylic acids is 2. The maximum atomic E-state index is 15.5. The van der Waals surface area contributed by atoms with E-state index in [0.717, 1.165) is 66.8 Å². The molecule has 0 unspecified atom stereocenters. The zero-order valence-electron chi connectivity index (χ0n) is 46.0. The van der Waals surface area contributed by atoms with E-state index in [-0.39, 0.29) is 33.5 Å². The minimum Gasteiger partial charge on any atom is -0.302 e. The standard InChI is InChI=1S/C68H76N2O2/c1-43-29-44(2)32-51(31-43)41-69-61(53-25-21-47(22-26-53)17-19-49-35-55(65(5,6)7)39-56(36-49)66(8,9)10)59-60(63(69)71)62(70(64(59)72)42-52-33-45(3)30-46(4)34-52)54-27-23-48(24-28-54)18-20-50-37-57(67(11,12)13)40-58(38-50)68(14,15)16/h17-40H,41-42H2,1-16H3. The Labute approximate surface area is 431 Å². The molecule has 0 spiro atoms. The first kappa shape index (κ1) is 51.6. The van der Waals surface area contributed by atoms with Gasteiger partial charge in [-0.15, -0.1) is 0 Å². The van der Waals surface area contributed by atoms with Crippen molar-refractivity contribution < 1.29 is 9.59 Å². The lowest BCUT2D eigenvalue weighted by Gasteiger charge is -2.26. The molecule has 6 aromatic carbocycles. The third kappa shape index (κ3) is 11.3. The second-order valence-corrected chi connectivity index (χ2v) is 24.8. The molecule has 0 N–H and O–H groups in total. The number of nitrogens with zero attached hydrogens (tertiary/aromatic N) is 2. The lowest BCUT2D eigenvalue weighted by molar-refractivity contribution is -0.124. The molecule has 0 saturated carbocycles. The maximum absolute atomic E-state index is 15.5. The zero-order chi connectivity index (χ0) is 52.2. The van der Waals surface area contributed by atoms with Crippen LogP contribution in [-0.4, -0.2) is 21.6 Å². The van der Waals surface area contributed by atoms with E-state index in [1.54, 1.807) is 0 Å². The van der Waals surface area contributed by atoms with Crippen LogP contribution in [0.5, 0.6) is 0 Å². The molecular weight excluding hydrogens is 877 g/mol. The van der Waals surface area contributed by atoms with Crippen LogP contribution in [0.15, 0.2) is 132 Å². The predicted octanol–water partition coefficient (Wildman–Crippen LogP) is 16.7. The maximum Gasteiger partial charge on any atom is 0.261 e. The van der Waals surface area contributed by atoms with Crippen LogP contribution in [0.4, 0.5) is 0 Å². The van der Waals surface area contributed by atoms with Crippen LogP contribution < -0.4 is 0 Å². The number of rotatable bonds is 10. The number of fused-ring (bicyclic) bond motifs is 1. The highest BCUT2D eigenvalue weighted by Gasteiger charge is 2.49. The first-order valence-corrected chi connectivity index (χ1v) is 25.8. The van der Waals surface area contributed by atoms with Gasteiger partial charge >= 0.3 is 0 Å². The minimum absolute atomic E-state index is 0.0127. The van der Waals surface area contributed by atoms with Crippen molar-refractivity contribution in [3.8, 4) is 0 Å². The monoisotopic (exact) mass is 953 g/mol. The van der Waals surface area contributed by atoms with Gasteiger partial charge in [-0.3, -0.25) is 9.59 Å². The largest absolute Gasteiger partial charge is 0.302 e. The Hall–Kier alpha value is -6.78. The molecule has 6 aromatic rings. The fraction of sp³-hybridized carbons (Fsp3) is 0.324. The van der Waals surface area contributed by atoms with Crippen LogP contribution >= 0.6 is 0 Å². The smallest absolute Gasteiger partial charge is 0.261 e. The summed E-state index contributed by atoms with van der Waals surface area (Å²) in [6.45, 7) is 36.2. The molecule has 370 valence electrons. The number of amides is 2. The Morgan fingerprint density at radius 3 is 0.875 bits per heavy atom. The Kier molecular flexibility index (Phi) is 13.8. The van der Waals surface area contributed by atoms with Crippen molar-refractivity contribution in [1.82, 2.24) is 9.80 Å². The van der Waals surface area contributed by atoms with Gasteiger partial charge in [-0.2, -0.15) is 0 Å². The Bertz CT molecular complexity index is 2890. The van der Waals surface area contributed by atoms with E-state index in [2.05, 4.69) is 256 Å². The number of carbonyl (C=O) groups is 2. The highest BCUT2D eigenvalue weighted by Crippen LogP contribution is 2.48. The molecule has 0 atom stereocenters. The summed E-state index contributed by atoms with van der Waals surface area (Å²) in [5, 5.41) is 0. The van der Waals surface area contributed by atoms with Crippen LogP contribution in [0.2, 0.25) is 0 Å². The fourth-order valence-corrected chi connectivity index (χ4v) is 10.1. The van der Waals surface area contributed by atoms with E-state index in [1.165, 1.54) is 22.3 Å². The first-order valence-electron chi connectivity index (χ1n) is 25.8. The second-order valence-electron chi connectivity index (χ2n) is 24.8. The van der Waals surface area contributed by atoms with Gasteiger partial charge < -0.3 is 9.80 Å². The van der Waals surface area contributed by atoms with Crippen molar-refractivity contribution in [2.45, 2.75) is 146 Å². The molecule has 0 radical (unpaired) electrons. The van der Waals surface area contributed by atoms with Gasteiger partial charge in [-0.25, -0.2) is 0 Å². The number of benzene rings is 6. The van der Waals surface area contributed by atoms with Crippen LogP contribution in [0, 0.1) is 27.7 Å². The normalized spacial score (nSPS) is 14.8. The summed E-state index contributed by atoms with van der Waals surface area (Å²) in [4.78, 5) is 34.6. The highest BCUT2D eigenvalue weighted by atomic mass is 16.2. The van der Waals surface area contributed by atoms with E-state index in [1.807, 2.05) is 9.80 Å². The summed E-state index contributed by atoms with van der Waals surface area (Å²) in [7, 11) is 0. The third-order valence-corrected chi connectivity index (χ3v) is 14.1. The molecular formula is C68H76N2O2. The Morgan fingerprint density at radius 1 is 0.347 bits per heavy atom. The summed E-state index contributed by atoms with van der Waals surface area (Å²) in [5.74, 6) is -0.333. The summed E-state index contributed by atoms with van der Waals surface area (Å²) >= 11 is 0. The lowest BCUT2D eigenvalue weighted by Crippen LogP contribution is -2.29. The summed E-state index contributed by atoms with van der Waals surface area (Å²) in [6, 6.07) is 43.4. The lowest BCUT2D eigenvalue weighted by atomic mass is 9.79. The number of aryl methyl sites for hydroxylation is 4. The third-order valence-electron chi connectivity index (χ3n) is 14.1. The number of hydrogen-bond donors (Lipinski definition) is 0. The van der Waals surface area contributed by atoms with E-state index in [4.69, 9.17) is 0 Å². The Morgan fingerprint density at radius 2 is 0.611 bits per heavy atom. The molecule has 0 aromatic heterocycles. The molecule has 2 aliphatic heterocycles. The van der Waals surface area contributed by atoms with Crippen molar-refractivity contribution in [2.24, 2.45) is 0 Å². The molecule has 2 heterocycles. The first-order chi connectivity index (χ1) is 33.6. The average molecular weight is 953 g/mol. The van der Waals surface area contributed by atoms with Gasteiger partial charge in [-0.1, -0.05) is 251 Å². The van der Waals surface area contributed by atoms with Gasteiger partial charge in [0.2, 0.25) is 0 Å². The minimum atomic E-state index is -0.167. The summed E-state index contributed by atoms with van der Waals surface area (Å²) in [5.41, 5.74) is 20.1. The van der Waals surface area contributed by atoms with E-state index in [9.17, 15) is 0 Å². The molecule has 4 nitrogen and oxygen atoms in total. The quantitative estimate of drug-likeness (QED) is 0.128. The Balaban J connectivity index is 1.24. The van der Waals surface area contributed by atoms with E-state index < -0.39 is 0 Å². The van der Waals surface area contributed by atoms with Gasteiger partial charge in [0.05, 0.1) is 35.6 Å². The van der Waals surface area contributed by atoms with Crippen LogP contribution in [-0.2, 0) is 44.3 Å². The molecule has 4 heteroatoms. The van der Waals surface area contributed by atoms with E-state index in [0.29, 0.717) is 35.6 Å². The fourth-order valence-electron chi connectivity index (χ4n) is 10.1. The van der Waals surface area contributed by atoms with Crippen molar-refractivity contribution in [3.63, 3.8) is 0 Å². The summed E-state index contributed by atoms with van der Waals surface area (Å²) < 4.78 is 0. The molecule has 8 rings (SSSR count). The van der Waals surface area contributed by atoms with Gasteiger partial charge in [0.1, 0.15) is 0 Å². The molecule has 2 amide bonds. The molecule has 0 aliphatic carbocycles. The van der Waals surface area contributed by atoms with E-state index >= 15 is 9.59 Å². The second kappa shape index (κ2) is 19.3. The summed E-state index contributed by atoms with van der Waals surface area (Å²) in [6.07, 6.45) is 8.70. The topological polar surface area (TPSA) is 40.6 Å². The van der Waals surface area contributed by atoms with Crippen LogP contribution in [0.25, 0.3) is 35.7 Å². The van der Waals surface area contributed by atoms with Crippen molar-refractivity contribution in [1.29, 1.82) is 0 Å². The SMILES string of the molecule is Cc1cc(C)cc(CN2C(=O)C3=C(c4ccc(C=Cc5cc(C(C)(C)C)cc(C(C)(C)C)c5)cc4)N(Cc4cc(C)cc(C)c4)C(=O)C3=C2c2ccc(C=Cc3cc(C(C)(C)C)cc(C(C)(C)C)c3)cc2)c1. The highest BCUT2D eigenvalue weighted by molar-refractivity contribution is 6.30. The predicted molar refractivity (Wildman–Crippen MR) is 305 cm³/mol. The average Bonchev–Trinajstić information content (AvgIpc) is 3.71. The van der Waals surface area contributed by atoms with Crippen LogP contribution in [0.1, 0.15) is 172 Å². The molecule has 72 heavy (non-hydrogen) atoms. The molecule has 0 saturated heterocycles. The van der Waals surface area contributed by atoms with Crippen molar-refractivity contribution in [2.75, 3.05) is 0 Å². The van der Waals surface area contributed by atoms with Crippen molar-refractivity contribution in [3.05, 3.63) is 221 Å². The molecule has 0 fully saturated rings. The van der Waals surface area contributed by atoms with Gasteiger partial charge in [0.25, 0.3) is 11.8 Å². The van der Waals surface area contributed by atoms with Crippen LogP contribution in [0.3, 0.4) is 0 Å². The van der Waals surface area contributed by atoms with Gasteiger partial charge in [0, 0.05) is 0 Å².